The standard InChI is InChI=1S/C9H11NO5S.Na/c11-2-1-4-7(13)10-6(9(14)15)5(3-12)16-8(4)10;/h4,8,11-12H,1-3H2,(H,14,15);/q;+1/p-1/t4-,8+;/m0./s1. The minimum Gasteiger partial charge on any atom is -0.543 e. The number of carboxylic acid groups (broad SMARTS) is 1. The second kappa shape index (κ2) is 5.73. The van der Waals surface area contributed by atoms with Crippen LogP contribution in [0.3, 0.4) is 0 Å². The zero-order chi connectivity index (χ0) is 11.9. The second-order valence-corrected chi connectivity index (χ2v) is 4.76. The van der Waals surface area contributed by atoms with Crippen LogP contribution in [0.15, 0.2) is 10.6 Å². The third-order valence-electron chi connectivity index (χ3n) is 2.70. The zero-order valence-corrected chi connectivity index (χ0v) is 12.1. The Bertz CT molecular complexity index is 386. The molecule has 0 radical (unpaired) electrons. The van der Waals surface area contributed by atoms with Crippen molar-refractivity contribution in [1.29, 1.82) is 0 Å². The van der Waals surface area contributed by atoms with Gasteiger partial charge in [0.25, 0.3) is 0 Å². The van der Waals surface area contributed by atoms with Gasteiger partial charge in [0.05, 0.1) is 29.6 Å². The van der Waals surface area contributed by atoms with Gasteiger partial charge in [-0.3, -0.25) is 9.69 Å². The summed E-state index contributed by atoms with van der Waals surface area (Å²) >= 11 is 1.15. The number of amides is 1. The van der Waals surface area contributed by atoms with Crippen LogP contribution >= 0.6 is 11.8 Å². The van der Waals surface area contributed by atoms with Gasteiger partial charge < -0.3 is 20.1 Å². The number of aliphatic hydroxyl groups excluding tert-OH is 2. The molecule has 1 saturated heterocycles. The molecule has 2 rings (SSSR count). The van der Waals surface area contributed by atoms with E-state index in [0.717, 1.165) is 16.7 Å². The van der Waals surface area contributed by atoms with Crippen molar-refractivity contribution in [3.8, 4) is 0 Å². The van der Waals surface area contributed by atoms with Crippen molar-refractivity contribution in [3.63, 3.8) is 0 Å². The Morgan fingerprint density at radius 2 is 2.12 bits per heavy atom. The molecule has 2 aliphatic heterocycles. The molecule has 0 aromatic heterocycles. The van der Waals surface area contributed by atoms with Crippen LogP contribution in [0.5, 0.6) is 0 Å². The van der Waals surface area contributed by atoms with Gasteiger partial charge in [-0.1, -0.05) is 11.8 Å². The summed E-state index contributed by atoms with van der Waals surface area (Å²) in [4.78, 5) is 23.8. The Morgan fingerprint density at radius 1 is 1.47 bits per heavy atom. The number of hydrogen-bond donors (Lipinski definition) is 2. The van der Waals surface area contributed by atoms with Gasteiger partial charge >= 0.3 is 29.6 Å². The molecular weight excluding hydrogens is 257 g/mol. The summed E-state index contributed by atoms with van der Waals surface area (Å²) in [6.07, 6.45) is 0.312. The number of β-lactam (4-membered cyclic amide) rings is 1. The number of hydrogen-bond acceptors (Lipinski definition) is 6. The van der Waals surface area contributed by atoms with E-state index in [1.807, 2.05) is 0 Å². The molecule has 0 bridgehead atoms. The average Bonchev–Trinajstić information content (AvgIpc) is 2.61. The van der Waals surface area contributed by atoms with Gasteiger partial charge in [-0.25, -0.2) is 0 Å². The summed E-state index contributed by atoms with van der Waals surface area (Å²) in [6, 6.07) is 0. The molecule has 17 heavy (non-hydrogen) atoms. The van der Waals surface area contributed by atoms with Gasteiger partial charge in [0.15, 0.2) is 0 Å². The van der Waals surface area contributed by atoms with E-state index in [1.165, 1.54) is 0 Å². The summed E-state index contributed by atoms with van der Waals surface area (Å²) in [6.45, 7) is -0.531. The maximum absolute atomic E-state index is 11.6. The van der Waals surface area contributed by atoms with Gasteiger partial charge in [0.2, 0.25) is 5.91 Å². The number of thioether (sulfide) groups is 1. The van der Waals surface area contributed by atoms with Gasteiger partial charge in [-0.15, -0.1) is 0 Å². The van der Waals surface area contributed by atoms with Crippen molar-refractivity contribution >= 4 is 23.6 Å². The predicted octanol–water partition coefficient (Wildman–Crippen LogP) is -5.14. The van der Waals surface area contributed by atoms with Gasteiger partial charge in [-0.05, 0) is 6.42 Å². The molecule has 1 amide bonds. The summed E-state index contributed by atoms with van der Waals surface area (Å²) in [5, 5.41) is 28.3. The maximum Gasteiger partial charge on any atom is 1.00 e. The maximum atomic E-state index is 11.6. The van der Waals surface area contributed by atoms with Crippen molar-refractivity contribution < 1.29 is 54.5 Å². The smallest absolute Gasteiger partial charge is 0.543 e. The molecule has 0 saturated carbocycles. The molecule has 0 aliphatic carbocycles. The van der Waals surface area contributed by atoms with Crippen molar-refractivity contribution in [3.05, 3.63) is 10.6 Å². The molecule has 2 atom stereocenters. The Hall–Kier alpha value is -0.0500. The Labute approximate surface area is 124 Å². The fraction of sp³-hybridized carbons (Fsp3) is 0.556. The molecule has 2 N–H and O–H groups in total. The van der Waals surface area contributed by atoms with E-state index in [0.29, 0.717) is 6.42 Å². The summed E-state index contributed by atoms with van der Waals surface area (Å²) in [5.74, 6) is -2.14. The van der Waals surface area contributed by atoms with E-state index in [-0.39, 0.29) is 64.0 Å². The number of nitrogens with zero attached hydrogens (tertiary/aromatic N) is 1. The normalized spacial score (nSPS) is 26.5. The molecule has 1 fully saturated rings. The second-order valence-electron chi connectivity index (χ2n) is 3.55. The first-order chi connectivity index (χ1) is 7.61. The van der Waals surface area contributed by atoms with Gasteiger partial charge in [0.1, 0.15) is 0 Å². The molecule has 88 valence electrons. The van der Waals surface area contributed by atoms with Crippen LogP contribution in [0.4, 0.5) is 0 Å². The Morgan fingerprint density at radius 3 is 2.59 bits per heavy atom. The largest absolute Gasteiger partial charge is 1.00 e. The zero-order valence-electron chi connectivity index (χ0n) is 9.25. The molecule has 0 unspecified atom stereocenters. The molecule has 0 aromatic rings. The SMILES string of the molecule is O=C([O-])C1=C(CO)S[C@@H]2[C@@H](CCO)C(=O)N12.[Na+]. The molecule has 0 spiro atoms. The fourth-order valence-corrected chi connectivity index (χ4v) is 3.35. The molecule has 2 aliphatic rings. The van der Waals surface area contributed by atoms with Crippen molar-refractivity contribution in [2.75, 3.05) is 13.2 Å². The number of rotatable bonds is 4. The van der Waals surface area contributed by atoms with Crippen LogP contribution in [-0.4, -0.2) is 45.6 Å². The first kappa shape index (κ1) is 15.0. The predicted molar refractivity (Wildman–Crippen MR) is 52.5 cm³/mol. The Kier molecular flexibility index (Phi) is 5.06. The van der Waals surface area contributed by atoms with Crippen molar-refractivity contribution in [2.24, 2.45) is 5.92 Å². The molecule has 2 heterocycles. The minimum absolute atomic E-state index is 0. The number of carbonyl (C=O) groups is 2. The van der Waals surface area contributed by atoms with Crippen LogP contribution in [-0.2, 0) is 9.59 Å². The quantitative estimate of drug-likeness (QED) is 0.390. The van der Waals surface area contributed by atoms with E-state index < -0.39 is 12.6 Å². The first-order valence-electron chi connectivity index (χ1n) is 4.77. The fourth-order valence-electron chi connectivity index (χ4n) is 1.96. The number of carbonyl (C=O) groups excluding carboxylic acids is 2. The van der Waals surface area contributed by atoms with Crippen LogP contribution in [0.2, 0.25) is 0 Å². The molecular formula is C9H10NNaO5S. The summed E-state index contributed by atoms with van der Waals surface area (Å²) in [5.41, 5.74) is -0.225. The topological polar surface area (TPSA) is 101 Å². The number of aliphatic carboxylic acids is 1. The molecule has 0 aromatic carbocycles. The number of fused-ring (bicyclic) bond motifs is 1. The summed E-state index contributed by atoms with van der Waals surface area (Å²) < 4.78 is 0. The third-order valence-corrected chi connectivity index (χ3v) is 4.09. The average molecular weight is 267 g/mol. The van der Waals surface area contributed by atoms with Crippen LogP contribution in [0.25, 0.3) is 0 Å². The van der Waals surface area contributed by atoms with Crippen molar-refractivity contribution in [1.82, 2.24) is 4.90 Å². The van der Waals surface area contributed by atoms with Crippen molar-refractivity contribution in [2.45, 2.75) is 11.8 Å². The van der Waals surface area contributed by atoms with Crippen LogP contribution in [0.1, 0.15) is 6.42 Å². The minimum atomic E-state index is -1.45. The van der Waals surface area contributed by atoms with E-state index in [9.17, 15) is 14.7 Å². The van der Waals surface area contributed by atoms with Crippen LogP contribution in [0, 0.1) is 5.92 Å². The van der Waals surface area contributed by atoms with E-state index >= 15 is 0 Å². The van der Waals surface area contributed by atoms with E-state index in [1.54, 1.807) is 0 Å². The van der Waals surface area contributed by atoms with E-state index in [2.05, 4.69) is 0 Å². The monoisotopic (exact) mass is 267 g/mol. The third kappa shape index (κ3) is 2.27. The molecule has 6 nitrogen and oxygen atoms in total. The first-order valence-corrected chi connectivity index (χ1v) is 5.65. The summed E-state index contributed by atoms with van der Waals surface area (Å²) in [7, 11) is 0. The van der Waals surface area contributed by atoms with Gasteiger partial charge in [-0.2, -0.15) is 0 Å². The number of carboxylic acids is 1. The molecule has 8 heteroatoms. The van der Waals surface area contributed by atoms with Gasteiger partial charge in [0, 0.05) is 11.5 Å². The van der Waals surface area contributed by atoms with E-state index in [4.69, 9.17) is 10.2 Å². The van der Waals surface area contributed by atoms with Crippen LogP contribution < -0.4 is 34.7 Å². The Balaban J connectivity index is 0.00000144. The number of aliphatic hydroxyl groups is 2.